The molecule has 1 unspecified atom stereocenters. The van der Waals surface area contributed by atoms with Gasteiger partial charge >= 0.3 is 5.97 Å². The van der Waals surface area contributed by atoms with Crippen LogP contribution in [0, 0.1) is 0 Å². The Bertz CT molecular complexity index is 641. The zero-order valence-electron chi connectivity index (χ0n) is 16.1. The molecule has 4 atom stereocenters. The summed E-state index contributed by atoms with van der Waals surface area (Å²) in [5.41, 5.74) is 0.591. The molecule has 2 aliphatic heterocycles. The molecular formula is C22H29NO5. The normalized spacial score (nSPS) is 24.1. The Hall–Kier alpha value is -2.25. The van der Waals surface area contributed by atoms with Crippen LogP contribution in [0.1, 0.15) is 37.4 Å². The Labute approximate surface area is 165 Å². The number of rotatable bonds is 3. The second kappa shape index (κ2) is 11.6. The van der Waals surface area contributed by atoms with E-state index in [2.05, 4.69) is 11.9 Å². The van der Waals surface area contributed by atoms with Crippen LogP contribution >= 0.6 is 0 Å². The van der Waals surface area contributed by atoms with Gasteiger partial charge in [0.25, 0.3) is 0 Å². The number of aliphatic hydroxyl groups is 1. The summed E-state index contributed by atoms with van der Waals surface area (Å²) in [6, 6.07) is 22.0. The number of piperidine rings is 1. The number of hydrogen-bond acceptors (Lipinski definition) is 6. The zero-order valence-corrected chi connectivity index (χ0v) is 16.1. The lowest BCUT2D eigenvalue weighted by atomic mass is 10.0. The van der Waals surface area contributed by atoms with Crippen molar-refractivity contribution in [3.8, 4) is 0 Å². The molecule has 0 aromatic heterocycles. The summed E-state index contributed by atoms with van der Waals surface area (Å²) >= 11 is 0. The Morgan fingerprint density at radius 2 is 1.36 bits per heavy atom. The number of hydrogen-bond donors (Lipinski definition) is 3. The summed E-state index contributed by atoms with van der Waals surface area (Å²) in [6.45, 7) is 0. The third-order valence-electron chi connectivity index (χ3n) is 5.34. The van der Waals surface area contributed by atoms with E-state index in [0.29, 0.717) is 17.6 Å². The first-order valence-electron chi connectivity index (χ1n) is 9.50. The lowest BCUT2D eigenvalue weighted by Gasteiger charge is -2.36. The second-order valence-electron chi connectivity index (χ2n) is 7.05. The van der Waals surface area contributed by atoms with Gasteiger partial charge in [0, 0.05) is 12.1 Å². The average Bonchev–Trinajstić information content (AvgIpc) is 2.97. The van der Waals surface area contributed by atoms with Gasteiger partial charge in [-0.05, 0) is 38.3 Å². The molecule has 0 aliphatic carbocycles. The fourth-order valence-corrected chi connectivity index (χ4v) is 3.84. The van der Waals surface area contributed by atoms with Gasteiger partial charge in [-0.3, -0.25) is 10.5 Å². The summed E-state index contributed by atoms with van der Waals surface area (Å²) in [6.07, 6.45) is 2.94. The van der Waals surface area contributed by atoms with Crippen LogP contribution < -0.4 is 0 Å². The molecule has 28 heavy (non-hydrogen) atoms. The molecule has 0 radical (unpaired) electrons. The van der Waals surface area contributed by atoms with E-state index in [1.165, 1.54) is 12.8 Å². The lowest BCUT2D eigenvalue weighted by Crippen LogP contribution is -2.43. The summed E-state index contributed by atoms with van der Waals surface area (Å²) in [5, 5.41) is 22.0. The SMILES string of the molecule is CN1[C@@H]2CC[C@H]1C[C@@H](OC(=O)C(O)c1ccccc1)C2.OO.c1ccccc1. The smallest absolute Gasteiger partial charge is 0.339 e. The maximum absolute atomic E-state index is 12.0. The first-order chi connectivity index (χ1) is 13.6. The average molecular weight is 387 g/mol. The molecule has 2 aliphatic rings. The van der Waals surface area contributed by atoms with Gasteiger partial charge in [-0.15, -0.1) is 0 Å². The molecule has 2 heterocycles. The van der Waals surface area contributed by atoms with Crippen molar-refractivity contribution in [1.82, 2.24) is 4.90 Å². The number of ether oxygens (including phenoxy) is 1. The Morgan fingerprint density at radius 1 is 0.929 bits per heavy atom. The quantitative estimate of drug-likeness (QED) is 0.424. The van der Waals surface area contributed by atoms with Crippen molar-refractivity contribution in [2.75, 3.05) is 7.05 Å². The minimum absolute atomic E-state index is 0.0467. The highest BCUT2D eigenvalue weighted by Crippen LogP contribution is 2.35. The fraction of sp³-hybridized carbons (Fsp3) is 0.409. The van der Waals surface area contributed by atoms with E-state index in [-0.39, 0.29) is 6.10 Å². The number of aliphatic hydroxyl groups excluding tert-OH is 1. The molecule has 2 aromatic rings. The standard InChI is InChI=1S/C16H21NO3.C6H6.H2O2/c1-17-12-7-8-13(17)10-14(9-12)20-16(19)15(18)11-5-3-2-4-6-11;1-2-4-6-5-3-1;1-2/h2-6,12-15,18H,7-10H2,1H3;1-6H;1-2H/t12-,13+,14+,15?;;. The highest BCUT2D eigenvalue weighted by Gasteiger charge is 2.40. The maximum Gasteiger partial charge on any atom is 0.339 e. The number of fused-ring (bicyclic) bond motifs is 2. The molecule has 0 saturated carbocycles. The number of nitrogens with zero attached hydrogens (tertiary/aromatic N) is 1. The Morgan fingerprint density at radius 3 is 1.82 bits per heavy atom. The zero-order chi connectivity index (χ0) is 20.4. The van der Waals surface area contributed by atoms with Crippen molar-refractivity contribution in [1.29, 1.82) is 0 Å². The predicted octanol–water partition coefficient (Wildman–Crippen LogP) is 3.59. The van der Waals surface area contributed by atoms with Crippen LogP contribution in [0.3, 0.4) is 0 Å². The molecule has 2 bridgehead atoms. The number of esters is 1. The van der Waals surface area contributed by atoms with Crippen LogP contribution in [0.2, 0.25) is 0 Å². The molecule has 0 amide bonds. The van der Waals surface area contributed by atoms with Crippen molar-refractivity contribution < 1.29 is 25.2 Å². The fourth-order valence-electron chi connectivity index (χ4n) is 3.84. The first-order valence-corrected chi connectivity index (χ1v) is 9.50. The van der Waals surface area contributed by atoms with Gasteiger partial charge in [0.15, 0.2) is 6.10 Å². The van der Waals surface area contributed by atoms with Gasteiger partial charge < -0.3 is 14.7 Å². The third kappa shape index (κ3) is 6.14. The van der Waals surface area contributed by atoms with Crippen molar-refractivity contribution in [3.63, 3.8) is 0 Å². The van der Waals surface area contributed by atoms with E-state index in [4.69, 9.17) is 15.3 Å². The van der Waals surface area contributed by atoms with Gasteiger partial charge in [-0.25, -0.2) is 4.79 Å². The predicted molar refractivity (Wildman–Crippen MR) is 107 cm³/mol. The Balaban J connectivity index is 0.000000296. The molecular weight excluding hydrogens is 358 g/mol. The molecule has 3 N–H and O–H groups in total. The van der Waals surface area contributed by atoms with Crippen LogP contribution in [-0.4, -0.2) is 51.7 Å². The maximum atomic E-state index is 12.0. The first kappa shape index (κ1) is 22.0. The van der Waals surface area contributed by atoms with Gasteiger partial charge in [0.05, 0.1) is 0 Å². The van der Waals surface area contributed by atoms with Gasteiger partial charge in [-0.2, -0.15) is 0 Å². The van der Waals surface area contributed by atoms with E-state index >= 15 is 0 Å². The van der Waals surface area contributed by atoms with Crippen molar-refractivity contribution in [2.24, 2.45) is 0 Å². The summed E-state index contributed by atoms with van der Waals surface area (Å²) in [5.74, 6) is -0.523. The van der Waals surface area contributed by atoms with E-state index in [1.807, 2.05) is 54.6 Å². The van der Waals surface area contributed by atoms with Crippen LogP contribution in [0.4, 0.5) is 0 Å². The van der Waals surface area contributed by atoms with E-state index in [0.717, 1.165) is 12.8 Å². The number of benzene rings is 2. The Kier molecular flexibility index (Phi) is 9.10. The van der Waals surface area contributed by atoms with Crippen LogP contribution in [0.15, 0.2) is 66.7 Å². The van der Waals surface area contributed by atoms with Crippen molar-refractivity contribution >= 4 is 5.97 Å². The van der Waals surface area contributed by atoms with Gasteiger partial charge in [-0.1, -0.05) is 66.7 Å². The molecule has 4 rings (SSSR count). The second-order valence-corrected chi connectivity index (χ2v) is 7.05. The van der Waals surface area contributed by atoms with E-state index in [9.17, 15) is 9.90 Å². The van der Waals surface area contributed by atoms with Crippen LogP contribution in [0.5, 0.6) is 0 Å². The van der Waals surface area contributed by atoms with Gasteiger partial charge in [0.1, 0.15) is 6.10 Å². The molecule has 2 saturated heterocycles. The number of carbonyl (C=O) groups excluding carboxylic acids is 1. The largest absolute Gasteiger partial charge is 0.460 e. The van der Waals surface area contributed by atoms with E-state index < -0.39 is 12.1 Å². The van der Waals surface area contributed by atoms with Crippen molar-refractivity contribution in [2.45, 2.75) is 50.0 Å². The molecule has 6 nitrogen and oxygen atoms in total. The third-order valence-corrected chi connectivity index (χ3v) is 5.34. The topological polar surface area (TPSA) is 90.2 Å². The summed E-state index contributed by atoms with van der Waals surface area (Å²) in [7, 11) is 2.15. The highest BCUT2D eigenvalue weighted by molar-refractivity contribution is 5.76. The summed E-state index contributed by atoms with van der Waals surface area (Å²) in [4.78, 5) is 14.4. The minimum Gasteiger partial charge on any atom is -0.460 e. The van der Waals surface area contributed by atoms with Crippen molar-refractivity contribution in [3.05, 3.63) is 72.3 Å². The monoisotopic (exact) mass is 387 g/mol. The van der Waals surface area contributed by atoms with E-state index in [1.54, 1.807) is 12.1 Å². The molecule has 2 aromatic carbocycles. The molecule has 6 heteroatoms. The number of carbonyl (C=O) groups is 1. The molecule has 152 valence electrons. The van der Waals surface area contributed by atoms with Crippen LogP contribution in [0.25, 0.3) is 0 Å². The van der Waals surface area contributed by atoms with Crippen LogP contribution in [-0.2, 0) is 9.53 Å². The lowest BCUT2D eigenvalue weighted by molar-refractivity contribution is -0.176. The highest BCUT2D eigenvalue weighted by atomic mass is 17.0. The molecule has 0 spiro atoms. The molecule has 2 fully saturated rings. The minimum atomic E-state index is -1.17. The van der Waals surface area contributed by atoms with Gasteiger partial charge in [0.2, 0.25) is 0 Å². The summed E-state index contributed by atoms with van der Waals surface area (Å²) < 4.78 is 5.52.